The van der Waals surface area contributed by atoms with Crippen LogP contribution in [0.5, 0.6) is 5.75 Å². The van der Waals surface area contributed by atoms with Crippen LogP contribution in [0, 0.1) is 0 Å². The van der Waals surface area contributed by atoms with Gasteiger partial charge in [-0.05, 0) is 24.1 Å². The van der Waals surface area contributed by atoms with E-state index in [1.807, 2.05) is 24.3 Å². The van der Waals surface area contributed by atoms with Gasteiger partial charge in [0.1, 0.15) is 25.0 Å². The Bertz CT molecular complexity index is 515. The lowest BCUT2D eigenvalue weighted by atomic mass is 10.2. The van der Waals surface area contributed by atoms with E-state index in [9.17, 15) is 14.7 Å². The minimum Gasteiger partial charge on any atom is -0.491 e. The molecule has 1 unspecified atom stereocenters. The minimum absolute atomic E-state index is 0.0340. The molecule has 1 aliphatic heterocycles. The maximum absolute atomic E-state index is 11.7. The zero-order chi connectivity index (χ0) is 15.4. The Balaban J connectivity index is 1.83. The average molecular weight is 292 g/mol. The Labute approximate surface area is 123 Å². The molecule has 1 aromatic carbocycles. The molecule has 0 bridgehead atoms. The minimum atomic E-state index is -0.907. The van der Waals surface area contributed by atoms with Gasteiger partial charge in [-0.3, -0.25) is 9.69 Å². The summed E-state index contributed by atoms with van der Waals surface area (Å²) in [6.07, 6.45) is 0.0468. The lowest BCUT2D eigenvalue weighted by Gasteiger charge is -2.18. The van der Waals surface area contributed by atoms with Gasteiger partial charge in [0, 0.05) is 7.05 Å². The number of hydrogen-bond acceptors (Lipinski definition) is 4. The standard InChI is InChI=1S/C15H20N2O4/c1-3-11-4-6-13(7-5-11)21-10-12(18)8-17-14(19)9-16(2)15(17)20/h4-7,12,18H,3,8-10H2,1-2H3. The van der Waals surface area contributed by atoms with Crippen molar-refractivity contribution in [3.05, 3.63) is 29.8 Å². The number of ether oxygens (including phenoxy) is 1. The number of imide groups is 1. The van der Waals surface area contributed by atoms with Crippen molar-refractivity contribution in [1.29, 1.82) is 0 Å². The first kappa shape index (κ1) is 15.3. The summed E-state index contributed by atoms with van der Waals surface area (Å²) < 4.78 is 5.46. The monoisotopic (exact) mass is 292 g/mol. The van der Waals surface area contributed by atoms with Crippen LogP contribution in [0.2, 0.25) is 0 Å². The number of likely N-dealkylation sites (N-methyl/N-ethyl adjacent to an activating group) is 1. The summed E-state index contributed by atoms with van der Waals surface area (Å²) in [6.45, 7) is 2.12. The highest BCUT2D eigenvalue weighted by Crippen LogP contribution is 2.13. The molecule has 0 saturated carbocycles. The molecule has 0 aromatic heterocycles. The second-order valence-electron chi connectivity index (χ2n) is 5.11. The maximum Gasteiger partial charge on any atom is 0.327 e. The van der Waals surface area contributed by atoms with Gasteiger partial charge in [0.05, 0.1) is 6.54 Å². The van der Waals surface area contributed by atoms with Crippen LogP contribution in [0.3, 0.4) is 0 Å². The highest BCUT2D eigenvalue weighted by atomic mass is 16.5. The number of nitrogens with zero attached hydrogens (tertiary/aromatic N) is 2. The molecule has 1 saturated heterocycles. The number of urea groups is 1. The molecule has 21 heavy (non-hydrogen) atoms. The third-order valence-corrected chi connectivity index (χ3v) is 3.40. The number of amides is 3. The van der Waals surface area contributed by atoms with E-state index in [2.05, 4.69) is 6.92 Å². The number of aliphatic hydroxyl groups excluding tert-OH is 1. The molecule has 6 heteroatoms. The van der Waals surface area contributed by atoms with E-state index in [1.165, 1.54) is 10.5 Å². The topological polar surface area (TPSA) is 70.1 Å². The molecule has 1 aromatic rings. The maximum atomic E-state index is 11.7. The van der Waals surface area contributed by atoms with E-state index >= 15 is 0 Å². The van der Waals surface area contributed by atoms with Crippen molar-refractivity contribution < 1.29 is 19.4 Å². The third-order valence-electron chi connectivity index (χ3n) is 3.40. The van der Waals surface area contributed by atoms with Crippen molar-refractivity contribution in [2.75, 3.05) is 26.7 Å². The van der Waals surface area contributed by atoms with E-state index in [1.54, 1.807) is 7.05 Å². The molecule has 1 heterocycles. The Morgan fingerprint density at radius 2 is 1.95 bits per heavy atom. The van der Waals surface area contributed by atoms with Gasteiger partial charge in [-0.2, -0.15) is 0 Å². The number of rotatable bonds is 6. The molecule has 114 valence electrons. The number of aryl methyl sites for hydroxylation is 1. The second-order valence-corrected chi connectivity index (χ2v) is 5.11. The lowest BCUT2D eigenvalue weighted by molar-refractivity contribution is -0.126. The largest absolute Gasteiger partial charge is 0.491 e. The van der Waals surface area contributed by atoms with Gasteiger partial charge < -0.3 is 14.7 Å². The first-order chi connectivity index (χ1) is 10.0. The molecule has 6 nitrogen and oxygen atoms in total. The SMILES string of the molecule is CCc1ccc(OCC(O)CN2C(=O)CN(C)C2=O)cc1. The summed E-state index contributed by atoms with van der Waals surface area (Å²) in [4.78, 5) is 25.6. The summed E-state index contributed by atoms with van der Waals surface area (Å²) >= 11 is 0. The summed E-state index contributed by atoms with van der Waals surface area (Å²) in [5.41, 5.74) is 1.21. The van der Waals surface area contributed by atoms with Crippen molar-refractivity contribution in [2.45, 2.75) is 19.4 Å². The lowest BCUT2D eigenvalue weighted by Crippen LogP contribution is -2.40. The normalized spacial score (nSPS) is 16.5. The molecule has 1 N–H and O–H groups in total. The van der Waals surface area contributed by atoms with Gasteiger partial charge >= 0.3 is 6.03 Å². The molecule has 1 aliphatic rings. The number of benzene rings is 1. The van der Waals surface area contributed by atoms with Crippen LogP contribution in [0.4, 0.5) is 4.79 Å². The van der Waals surface area contributed by atoms with Gasteiger partial charge in [0.15, 0.2) is 0 Å². The van der Waals surface area contributed by atoms with E-state index < -0.39 is 6.10 Å². The van der Waals surface area contributed by atoms with Gasteiger partial charge in [-0.15, -0.1) is 0 Å². The van der Waals surface area contributed by atoms with Crippen LogP contribution in [0.1, 0.15) is 12.5 Å². The number of carbonyl (C=O) groups excluding carboxylic acids is 2. The van der Waals surface area contributed by atoms with Gasteiger partial charge in [0.2, 0.25) is 5.91 Å². The van der Waals surface area contributed by atoms with Crippen molar-refractivity contribution in [3.8, 4) is 5.75 Å². The fraction of sp³-hybridized carbons (Fsp3) is 0.467. The third kappa shape index (κ3) is 3.72. The van der Waals surface area contributed by atoms with Crippen molar-refractivity contribution in [3.63, 3.8) is 0 Å². The molecular weight excluding hydrogens is 272 g/mol. The highest BCUT2D eigenvalue weighted by molar-refractivity contribution is 6.01. The number of β-amino-alcohol motifs (C(OH)–C–C–N with tert-alkyl or cyclic N) is 1. The highest BCUT2D eigenvalue weighted by Gasteiger charge is 2.34. The average Bonchev–Trinajstić information content (AvgIpc) is 2.72. The summed E-state index contributed by atoms with van der Waals surface area (Å²) in [7, 11) is 1.55. The molecule has 3 amide bonds. The van der Waals surface area contributed by atoms with Crippen LogP contribution in [0.25, 0.3) is 0 Å². The predicted molar refractivity (Wildman–Crippen MR) is 77.1 cm³/mol. The fourth-order valence-corrected chi connectivity index (χ4v) is 2.13. The number of aliphatic hydroxyl groups is 1. The van der Waals surface area contributed by atoms with E-state index in [-0.39, 0.29) is 31.6 Å². The first-order valence-electron chi connectivity index (χ1n) is 6.96. The van der Waals surface area contributed by atoms with Gasteiger partial charge in [-0.1, -0.05) is 19.1 Å². The Morgan fingerprint density at radius 1 is 1.29 bits per heavy atom. The summed E-state index contributed by atoms with van der Waals surface area (Å²) in [5, 5.41) is 9.90. The van der Waals surface area contributed by atoms with Crippen LogP contribution in [0.15, 0.2) is 24.3 Å². The summed E-state index contributed by atoms with van der Waals surface area (Å²) in [6, 6.07) is 7.22. The van der Waals surface area contributed by atoms with Gasteiger partial charge in [0.25, 0.3) is 0 Å². The van der Waals surface area contributed by atoms with Crippen molar-refractivity contribution in [2.24, 2.45) is 0 Å². The van der Waals surface area contributed by atoms with E-state index in [0.29, 0.717) is 5.75 Å². The van der Waals surface area contributed by atoms with E-state index in [4.69, 9.17) is 4.74 Å². The van der Waals surface area contributed by atoms with Crippen LogP contribution in [-0.4, -0.2) is 59.7 Å². The second kappa shape index (κ2) is 6.58. The first-order valence-corrected chi connectivity index (χ1v) is 6.96. The Kier molecular flexibility index (Phi) is 4.80. The molecule has 0 aliphatic carbocycles. The van der Waals surface area contributed by atoms with Crippen LogP contribution < -0.4 is 4.74 Å². The van der Waals surface area contributed by atoms with Crippen molar-refractivity contribution in [1.82, 2.24) is 9.80 Å². The van der Waals surface area contributed by atoms with E-state index in [0.717, 1.165) is 11.3 Å². The number of carbonyl (C=O) groups is 2. The quantitative estimate of drug-likeness (QED) is 0.790. The van der Waals surface area contributed by atoms with Crippen LogP contribution in [-0.2, 0) is 11.2 Å². The molecule has 2 rings (SSSR count). The zero-order valence-electron chi connectivity index (χ0n) is 12.3. The summed E-state index contributed by atoms with van der Waals surface area (Å²) in [5.74, 6) is 0.358. The van der Waals surface area contributed by atoms with Crippen molar-refractivity contribution >= 4 is 11.9 Å². The molecule has 0 radical (unpaired) electrons. The Hall–Kier alpha value is -2.08. The predicted octanol–water partition coefficient (Wildman–Crippen LogP) is 0.883. The zero-order valence-corrected chi connectivity index (χ0v) is 12.3. The molecular formula is C15H20N2O4. The van der Waals surface area contributed by atoms with Gasteiger partial charge in [-0.25, -0.2) is 4.79 Å². The molecule has 0 spiro atoms. The molecule has 1 fully saturated rings. The smallest absolute Gasteiger partial charge is 0.327 e. The fourth-order valence-electron chi connectivity index (χ4n) is 2.13. The van der Waals surface area contributed by atoms with Crippen LogP contribution >= 0.6 is 0 Å². The number of hydrogen-bond donors (Lipinski definition) is 1. The Morgan fingerprint density at radius 3 is 2.48 bits per heavy atom. The molecule has 1 atom stereocenters.